The molecule has 0 saturated heterocycles. The summed E-state index contributed by atoms with van der Waals surface area (Å²) < 4.78 is 8.75. The lowest BCUT2D eigenvalue weighted by atomic mass is 9.95. The quantitative estimate of drug-likeness (QED) is 0.255. The highest BCUT2D eigenvalue weighted by molar-refractivity contribution is 9.10. The number of carbonyl (C=O) groups is 1. The van der Waals surface area contributed by atoms with Gasteiger partial charge in [-0.25, -0.2) is 9.78 Å². The van der Waals surface area contributed by atoms with Crippen LogP contribution in [-0.4, -0.2) is 27.0 Å². The molecule has 184 valence electrons. The van der Waals surface area contributed by atoms with E-state index in [1.807, 2.05) is 45.0 Å². The number of aromatic nitrogens is 2. The lowest BCUT2D eigenvalue weighted by molar-refractivity contribution is 0.0697. The van der Waals surface area contributed by atoms with E-state index in [1.165, 1.54) is 4.68 Å². The molecule has 9 heteroatoms. The van der Waals surface area contributed by atoms with Gasteiger partial charge in [0.15, 0.2) is 0 Å². The molecule has 0 atom stereocenters. The third kappa shape index (κ3) is 5.74. The molecule has 0 fully saturated rings. The van der Waals surface area contributed by atoms with E-state index in [9.17, 15) is 9.59 Å². The van der Waals surface area contributed by atoms with Gasteiger partial charge in [-0.15, -0.1) is 0 Å². The van der Waals surface area contributed by atoms with Gasteiger partial charge >= 0.3 is 5.97 Å². The van der Waals surface area contributed by atoms with Gasteiger partial charge in [0.25, 0.3) is 5.56 Å². The van der Waals surface area contributed by atoms with E-state index < -0.39 is 11.4 Å². The van der Waals surface area contributed by atoms with Crippen LogP contribution in [0.25, 0.3) is 10.9 Å². The van der Waals surface area contributed by atoms with Gasteiger partial charge in [0.05, 0.1) is 27.2 Å². The second-order valence-electron chi connectivity index (χ2n) is 9.19. The van der Waals surface area contributed by atoms with E-state index in [1.54, 1.807) is 42.6 Å². The molecule has 0 aliphatic carbocycles. The Balaban J connectivity index is 1.59. The van der Waals surface area contributed by atoms with Crippen LogP contribution in [0.4, 0.5) is 0 Å². The van der Waals surface area contributed by atoms with Crippen molar-refractivity contribution < 1.29 is 14.6 Å². The first-order valence-corrected chi connectivity index (χ1v) is 12.6. The van der Waals surface area contributed by atoms with Crippen LogP contribution < -0.4 is 10.3 Å². The van der Waals surface area contributed by atoms with E-state index in [-0.39, 0.29) is 17.7 Å². The summed E-state index contributed by atoms with van der Waals surface area (Å²) in [4.78, 5) is 29.0. The molecule has 4 rings (SSSR count). The fourth-order valence-corrected chi connectivity index (χ4v) is 4.36. The first-order chi connectivity index (χ1) is 17.0. The lowest BCUT2D eigenvalue weighted by Gasteiger charge is -2.20. The van der Waals surface area contributed by atoms with Crippen molar-refractivity contribution in [1.29, 1.82) is 0 Å². The van der Waals surface area contributed by atoms with Crippen LogP contribution in [0.15, 0.2) is 79.5 Å². The highest BCUT2D eigenvalue weighted by atomic mass is 79.9. The maximum absolute atomic E-state index is 13.3. The Kier molecular flexibility index (Phi) is 7.42. The Labute approximate surface area is 224 Å². The Morgan fingerprint density at radius 3 is 2.44 bits per heavy atom. The molecule has 7 nitrogen and oxygen atoms in total. The van der Waals surface area contributed by atoms with Crippen molar-refractivity contribution in [1.82, 2.24) is 9.66 Å². The number of fused-ring (bicyclic) bond motifs is 1. The Morgan fingerprint density at radius 1 is 1.08 bits per heavy atom. The fraction of sp³-hybridized carbons (Fsp3) is 0.185. The third-order valence-electron chi connectivity index (χ3n) is 5.35. The van der Waals surface area contributed by atoms with Gasteiger partial charge in [-0.3, -0.25) is 4.79 Å². The zero-order valence-electron chi connectivity index (χ0n) is 19.8. The van der Waals surface area contributed by atoms with Crippen molar-refractivity contribution in [3.05, 3.63) is 102 Å². The summed E-state index contributed by atoms with van der Waals surface area (Å²) >= 11 is 6.95. The highest BCUT2D eigenvalue weighted by Crippen LogP contribution is 2.27. The second kappa shape index (κ2) is 10.4. The molecule has 0 unspecified atom stereocenters. The Morgan fingerprint density at radius 2 is 1.81 bits per heavy atom. The number of hydrogen-bond acceptors (Lipinski definition) is 5. The van der Waals surface area contributed by atoms with E-state index in [0.29, 0.717) is 22.5 Å². The minimum atomic E-state index is -0.966. The molecule has 4 aromatic rings. The van der Waals surface area contributed by atoms with Crippen LogP contribution in [0.5, 0.6) is 5.75 Å². The molecule has 1 aromatic heterocycles. The minimum absolute atomic E-state index is 0.228. The monoisotopic (exact) mass is 611 g/mol. The molecule has 0 saturated carbocycles. The SMILES string of the molecule is CC(C)(C)c1nc2ccc(Br)cc2c(=O)n1N=Cc1ccc(OCc2ccc(C(=O)O)cc2)c(Br)c1. The first kappa shape index (κ1) is 25.8. The molecular weight excluding hydrogens is 590 g/mol. The number of benzene rings is 3. The number of rotatable bonds is 6. The number of aromatic carboxylic acids is 1. The number of nitrogens with zero attached hydrogens (tertiary/aromatic N) is 3. The van der Waals surface area contributed by atoms with E-state index >= 15 is 0 Å². The fourth-order valence-electron chi connectivity index (χ4n) is 3.48. The highest BCUT2D eigenvalue weighted by Gasteiger charge is 2.23. The zero-order chi connectivity index (χ0) is 26.0. The summed E-state index contributed by atoms with van der Waals surface area (Å²) in [5.41, 5.74) is 1.82. The van der Waals surface area contributed by atoms with Crippen molar-refractivity contribution in [2.75, 3.05) is 0 Å². The molecule has 0 aliphatic rings. The number of carboxylic acid groups (broad SMARTS) is 1. The Hall–Kier alpha value is -3.30. The van der Waals surface area contributed by atoms with Crippen LogP contribution in [0.2, 0.25) is 0 Å². The van der Waals surface area contributed by atoms with Crippen LogP contribution in [0.1, 0.15) is 48.1 Å². The average Bonchev–Trinajstić information content (AvgIpc) is 2.82. The smallest absolute Gasteiger partial charge is 0.335 e. The van der Waals surface area contributed by atoms with Gasteiger partial charge in [-0.1, -0.05) is 48.8 Å². The molecule has 0 radical (unpaired) electrons. The van der Waals surface area contributed by atoms with E-state index in [0.717, 1.165) is 20.1 Å². The van der Waals surface area contributed by atoms with Crippen LogP contribution in [0.3, 0.4) is 0 Å². The normalized spacial score (nSPS) is 11.8. The zero-order valence-corrected chi connectivity index (χ0v) is 23.0. The molecule has 1 heterocycles. The van der Waals surface area contributed by atoms with Crippen molar-refractivity contribution in [2.24, 2.45) is 5.10 Å². The molecule has 3 aromatic carbocycles. The summed E-state index contributed by atoms with van der Waals surface area (Å²) in [6, 6.07) is 17.5. The van der Waals surface area contributed by atoms with Gasteiger partial charge in [0.1, 0.15) is 18.2 Å². The molecule has 1 N–H and O–H groups in total. The van der Waals surface area contributed by atoms with Gasteiger partial charge in [0.2, 0.25) is 0 Å². The predicted octanol–water partition coefficient (Wildman–Crippen LogP) is 6.38. The lowest BCUT2D eigenvalue weighted by Crippen LogP contribution is -2.29. The molecular formula is C27H23Br2N3O4. The summed E-state index contributed by atoms with van der Waals surface area (Å²) in [7, 11) is 0. The summed E-state index contributed by atoms with van der Waals surface area (Å²) in [5, 5.41) is 14.0. The predicted molar refractivity (Wildman–Crippen MR) is 147 cm³/mol. The maximum atomic E-state index is 13.3. The van der Waals surface area contributed by atoms with Gasteiger partial charge in [-0.05, 0) is 75.6 Å². The number of halogens is 2. The minimum Gasteiger partial charge on any atom is -0.488 e. The Bertz CT molecular complexity index is 1540. The number of carboxylic acids is 1. The van der Waals surface area contributed by atoms with Crippen molar-refractivity contribution in [3.8, 4) is 5.75 Å². The summed E-state index contributed by atoms with van der Waals surface area (Å²) in [6.07, 6.45) is 1.61. The standard InChI is InChI=1S/C27H23Br2N3O4/c1-27(2,3)26-31-22-10-9-19(28)13-20(22)24(33)32(26)30-14-17-6-11-23(21(29)12-17)36-15-16-4-7-18(8-5-16)25(34)35/h4-14H,15H2,1-3H3,(H,34,35). The molecule has 0 amide bonds. The second-order valence-corrected chi connectivity index (χ2v) is 11.0. The van der Waals surface area contributed by atoms with Crippen molar-refractivity contribution in [3.63, 3.8) is 0 Å². The topological polar surface area (TPSA) is 93.8 Å². The summed E-state index contributed by atoms with van der Waals surface area (Å²) in [5.74, 6) is 0.220. The average molecular weight is 613 g/mol. The van der Waals surface area contributed by atoms with Crippen LogP contribution in [-0.2, 0) is 12.0 Å². The van der Waals surface area contributed by atoms with Gasteiger partial charge in [-0.2, -0.15) is 9.78 Å². The number of hydrogen-bond donors (Lipinski definition) is 1. The molecule has 36 heavy (non-hydrogen) atoms. The molecule has 0 bridgehead atoms. The summed E-state index contributed by atoms with van der Waals surface area (Å²) in [6.45, 7) is 6.25. The van der Waals surface area contributed by atoms with Crippen molar-refractivity contribution in [2.45, 2.75) is 32.8 Å². The molecule has 0 spiro atoms. The first-order valence-electron chi connectivity index (χ1n) is 11.0. The van der Waals surface area contributed by atoms with E-state index in [4.69, 9.17) is 14.8 Å². The third-order valence-corrected chi connectivity index (χ3v) is 6.47. The van der Waals surface area contributed by atoms with Crippen LogP contribution >= 0.6 is 31.9 Å². The van der Waals surface area contributed by atoms with Crippen LogP contribution in [0, 0.1) is 0 Å². The van der Waals surface area contributed by atoms with Crippen molar-refractivity contribution >= 4 is 54.9 Å². The number of ether oxygens (including phenoxy) is 1. The largest absolute Gasteiger partial charge is 0.488 e. The molecule has 0 aliphatic heterocycles. The maximum Gasteiger partial charge on any atom is 0.335 e. The van der Waals surface area contributed by atoms with E-state index in [2.05, 4.69) is 37.0 Å². The van der Waals surface area contributed by atoms with Gasteiger partial charge < -0.3 is 9.84 Å². The van der Waals surface area contributed by atoms with Gasteiger partial charge in [0, 0.05) is 9.89 Å².